The predicted octanol–water partition coefficient (Wildman–Crippen LogP) is 5.37. The molecule has 0 bridgehead atoms. The Morgan fingerprint density at radius 2 is 1.83 bits per heavy atom. The van der Waals surface area contributed by atoms with E-state index in [-0.39, 0.29) is 28.2 Å². The quantitative estimate of drug-likeness (QED) is 0.275. The standard InChI is InChI=1S/C28H35ClF2N8O2S/c1-17(2)37-10-12-39(13-11-37)18-5-8-38(9-6-18)19-3-4-21(23(15-19)41-27(30)31)35-28-33-16-20(29)26(36-28)34-22-7-14-42-24(22)25(32)40/h3-4,7,14-18,27H,5-6,8-13H2,1-2H3,(H2,32,40)(H2,33,34,35,36). The van der Waals surface area contributed by atoms with Crippen molar-refractivity contribution in [1.82, 2.24) is 19.8 Å². The highest BCUT2D eigenvalue weighted by molar-refractivity contribution is 7.12. The minimum Gasteiger partial charge on any atom is -0.433 e. The second-order valence-corrected chi connectivity index (χ2v) is 11.9. The summed E-state index contributed by atoms with van der Waals surface area (Å²) in [6.45, 7) is 7.50. The van der Waals surface area contributed by atoms with Crippen molar-refractivity contribution in [2.75, 3.05) is 54.8 Å². The molecule has 1 aromatic carbocycles. The second-order valence-electron chi connectivity index (χ2n) is 10.6. The summed E-state index contributed by atoms with van der Waals surface area (Å²) in [7, 11) is 0. The first-order valence-electron chi connectivity index (χ1n) is 13.9. The zero-order valence-corrected chi connectivity index (χ0v) is 25.1. The molecule has 5 rings (SSSR count). The van der Waals surface area contributed by atoms with Crippen LogP contribution in [0.25, 0.3) is 0 Å². The SMILES string of the molecule is CC(C)N1CCN(C2CCN(c3ccc(Nc4ncc(Cl)c(Nc5ccsc5C(N)=O)n4)c(OC(F)F)c3)CC2)CC1. The smallest absolute Gasteiger partial charge is 0.387 e. The van der Waals surface area contributed by atoms with Crippen molar-refractivity contribution in [2.24, 2.45) is 5.73 Å². The molecule has 0 atom stereocenters. The van der Waals surface area contributed by atoms with E-state index in [0.717, 1.165) is 57.8 Å². The van der Waals surface area contributed by atoms with Gasteiger partial charge in [-0.25, -0.2) is 4.98 Å². The highest BCUT2D eigenvalue weighted by Gasteiger charge is 2.28. The van der Waals surface area contributed by atoms with Gasteiger partial charge in [-0.05, 0) is 50.3 Å². The van der Waals surface area contributed by atoms with Crippen LogP contribution in [-0.2, 0) is 0 Å². The Balaban J connectivity index is 1.26. The third kappa shape index (κ3) is 7.20. The molecule has 14 heteroatoms. The lowest BCUT2D eigenvalue weighted by Gasteiger charge is -2.44. The number of thiophene rings is 1. The third-order valence-electron chi connectivity index (χ3n) is 7.74. The maximum Gasteiger partial charge on any atom is 0.387 e. The van der Waals surface area contributed by atoms with E-state index in [2.05, 4.69) is 49.1 Å². The zero-order chi connectivity index (χ0) is 29.8. The third-order valence-corrected chi connectivity index (χ3v) is 8.94. The van der Waals surface area contributed by atoms with Crippen LogP contribution < -0.4 is 26.0 Å². The number of rotatable bonds is 10. The summed E-state index contributed by atoms with van der Waals surface area (Å²) in [4.78, 5) is 27.9. The van der Waals surface area contributed by atoms with E-state index >= 15 is 0 Å². The van der Waals surface area contributed by atoms with Crippen molar-refractivity contribution >= 4 is 57.7 Å². The normalized spacial score (nSPS) is 17.2. The summed E-state index contributed by atoms with van der Waals surface area (Å²) in [6.07, 6.45) is 3.40. The summed E-state index contributed by atoms with van der Waals surface area (Å²) >= 11 is 7.45. The number of halogens is 3. The van der Waals surface area contributed by atoms with Gasteiger partial charge in [0.25, 0.3) is 5.91 Å². The Labute approximate surface area is 252 Å². The first kappa shape index (κ1) is 30.2. The number of hydrogen-bond acceptors (Lipinski definition) is 10. The molecule has 2 aromatic heterocycles. The van der Waals surface area contributed by atoms with E-state index in [0.29, 0.717) is 22.6 Å². The van der Waals surface area contributed by atoms with Crippen molar-refractivity contribution in [3.63, 3.8) is 0 Å². The Bertz CT molecular complexity index is 1380. The molecule has 3 aromatic rings. The van der Waals surface area contributed by atoms with Crippen molar-refractivity contribution < 1.29 is 18.3 Å². The highest BCUT2D eigenvalue weighted by atomic mass is 35.5. The number of nitrogens with two attached hydrogens (primary N) is 1. The monoisotopic (exact) mass is 620 g/mol. The number of carbonyl (C=O) groups excluding carboxylic acids is 1. The number of anilines is 5. The summed E-state index contributed by atoms with van der Waals surface area (Å²) < 4.78 is 31.7. The van der Waals surface area contributed by atoms with Crippen LogP contribution >= 0.6 is 22.9 Å². The maximum atomic E-state index is 13.4. The van der Waals surface area contributed by atoms with E-state index in [1.54, 1.807) is 23.6 Å². The first-order chi connectivity index (χ1) is 20.2. The van der Waals surface area contributed by atoms with Crippen LogP contribution in [-0.4, -0.2) is 83.6 Å². The topological polar surface area (TPSA) is 112 Å². The molecule has 0 unspecified atom stereocenters. The predicted molar refractivity (Wildman–Crippen MR) is 163 cm³/mol. The molecular weight excluding hydrogens is 586 g/mol. The van der Waals surface area contributed by atoms with E-state index in [1.165, 1.54) is 17.5 Å². The summed E-state index contributed by atoms with van der Waals surface area (Å²) in [5, 5.41) is 7.85. The van der Waals surface area contributed by atoms with Crippen LogP contribution in [0, 0.1) is 0 Å². The fraction of sp³-hybridized carbons (Fsp3) is 0.464. The van der Waals surface area contributed by atoms with Crippen LogP contribution in [0.1, 0.15) is 36.4 Å². The van der Waals surface area contributed by atoms with Crippen molar-refractivity contribution in [3.8, 4) is 5.75 Å². The molecule has 226 valence electrons. The molecule has 0 aliphatic carbocycles. The summed E-state index contributed by atoms with van der Waals surface area (Å²) in [6, 6.07) is 7.96. The van der Waals surface area contributed by atoms with Crippen molar-refractivity contribution in [1.29, 1.82) is 0 Å². The molecule has 0 saturated carbocycles. The number of nitrogens with one attached hydrogen (secondary N) is 2. The van der Waals surface area contributed by atoms with Crippen LogP contribution in [0.3, 0.4) is 0 Å². The lowest BCUT2D eigenvalue weighted by atomic mass is 10.0. The Morgan fingerprint density at radius 1 is 1.10 bits per heavy atom. The fourth-order valence-corrected chi connectivity index (χ4v) is 6.31. The summed E-state index contributed by atoms with van der Waals surface area (Å²) in [5.41, 5.74) is 6.97. The number of primary amides is 1. The first-order valence-corrected chi connectivity index (χ1v) is 15.2. The van der Waals surface area contributed by atoms with Gasteiger partial charge in [-0.3, -0.25) is 14.6 Å². The molecule has 2 aliphatic rings. The number of ether oxygens (including phenoxy) is 1. The molecule has 1 amide bonds. The second kappa shape index (κ2) is 13.4. The minimum absolute atomic E-state index is 0.0173. The van der Waals surface area contributed by atoms with E-state index < -0.39 is 12.5 Å². The molecule has 4 N–H and O–H groups in total. The van der Waals surface area contributed by atoms with Gasteiger partial charge in [0.2, 0.25) is 5.95 Å². The molecule has 42 heavy (non-hydrogen) atoms. The number of hydrogen-bond donors (Lipinski definition) is 3. The number of nitrogens with zero attached hydrogens (tertiary/aromatic N) is 5. The Hall–Kier alpha value is -3.26. The van der Waals surface area contributed by atoms with Gasteiger partial charge < -0.3 is 26.0 Å². The van der Waals surface area contributed by atoms with Gasteiger partial charge in [0.05, 0.1) is 17.6 Å². The average molecular weight is 621 g/mol. The average Bonchev–Trinajstić information content (AvgIpc) is 3.44. The van der Waals surface area contributed by atoms with Crippen molar-refractivity contribution in [3.05, 3.63) is 45.7 Å². The van der Waals surface area contributed by atoms with Crippen LogP contribution in [0.5, 0.6) is 5.75 Å². The molecule has 2 aliphatic heterocycles. The minimum atomic E-state index is -3.01. The van der Waals surface area contributed by atoms with Gasteiger partial charge >= 0.3 is 6.61 Å². The van der Waals surface area contributed by atoms with Gasteiger partial charge in [0.15, 0.2) is 11.6 Å². The maximum absolute atomic E-state index is 13.4. The van der Waals surface area contributed by atoms with Gasteiger partial charge in [0.1, 0.15) is 9.90 Å². The molecule has 0 spiro atoms. The number of alkyl halides is 2. The van der Waals surface area contributed by atoms with E-state index in [1.807, 2.05) is 6.07 Å². The number of piperazine rings is 1. The van der Waals surface area contributed by atoms with Crippen LogP contribution in [0.15, 0.2) is 35.8 Å². The van der Waals surface area contributed by atoms with Gasteiger partial charge in [-0.2, -0.15) is 13.8 Å². The molecule has 2 saturated heterocycles. The van der Waals surface area contributed by atoms with Gasteiger partial charge in [-0.1, -0.05) is 11.6 Å². The van der Waals surface area contributed by atoms with Crippen molar-refractivity contribution in [2.45, 2.75) is 45.4 Å². The summed E-state index contributed by atoms with van der Waals surface area (Å²) in [5.74, 6) is -0.283. The fourth-order valence-electron chi connectivity index (χ4n) is 5.47. The number of carbonyl (C=O) groups is 1. The molecular formula is C28H35ClF2N8O2S. The Morgan fingerprint density at radius 3 is 2.50 bits per heavy atom. The molecule has 2 fully saturated rings. The number of piperidine rings is 1. The number of amides is 1. The molecule has 4 heterocycles. The largest absolute Gasteiger partial charge is 0.433 e. The Kier molecular flexibility index (Phi) is 9.61. The lowest BCUT2D eigenvalue weighted by Crippen LogP contribution is -2.54. The number of benzene rings is 1. The van der Waals surface area contributed by atoms with Gasteiger partial charge in [-0.15, -0.1) is 11.3 Å². The van der Waals surface area contributed by atoms with E-state index in [9.17, 15) is 13.6 Å². The highest BCUT2D eigenvalue weighted by Crippen LogP contribution is 2.35. The molecule has 0 radical (unpaired) electrons. The number of aromatic nitrogens is 2. The molecule has 10 nitrogen and oxygen atoms in total. The van der Waals surface area contributed by atoms with Crippen LogP contribution in [0.4, 0.5) is 37.6 Å². The van der Waals surface area contributed by atoms with Gasteiger partial charge in [0, 0.05) is 63.1 Å². The van der Waals surface area contributed by atoms with Crippen LogP contribution in [0.2, 0.25) is 5.02 Å². The van der Waals surface area contributed by atoms with E-state index in [4.69, 9.17) is 22.1 Å². The lowest BCUT2D eigenvalue weighted by molar-refractivity contribution is -0.0493. The zero-order valence-electron chi connectivity index (χ0n) is 23.5.